The Balaban J connectivity index is 1.18. The van der Waals surface area contributed by atoms with Gasteiger partial charge in [0.1, 0.15) is 11.6 Å². The largest absolute Gasteiger partial charge is 0.355 e. The summed E-state index contributed by atoms with van der Waals surface area (Å²) in [5, 5.41) is 10.7. The van der Waals surface area contributed by atoms with Crippen LogP contribution in [0, 0.1) is 11.7 Å². The van der Waals surface area contributed by atoms with Crippen molar-refractivity contribution in [1.29, 1.82) is 0 Å². The molecular formula is C24H26ClFN6O2. The van der Waals surface area contributed by atoms with Gasteiger partial charge in [-0.25, -0.2) is 13.9 Å². The van der Waals surface area contributed by atoms with Crippen molar-refractivity contribution in [2.45, 2.75) is 44.6 Å². The Hall–Kier alpha value is -3.20. The lowest BCUT2D eigenvalue weighted by Crippen LogP contribution is -2.40. The smallest absolute Gasteiger partial charge is 0.271 e. The first-order valence-corrected chi connectivity index (χ1v) is 12.0. The Morgan fingerprint density at radius 1 is 1.06 bits per heavy atom. The second kappa shape index (κ2) is 9.58. The lowest BCUT2D eigenvalue weighted by molar-refractivity contribution is -0.120. The van der Waals surface area contributed by atoms with Crippen molar-refractivity contribution in [1.82, 2.24) is 19.9 Å². The van der Waals surface area contributed by atoms with E-state index in [9.17, 15) is 14.0 Å². The molecule has 3 aromatic rings. The number of hydrogen-bond donors (Lipinski definition) is 2. The molecule has 0 unspecified atom stereocenters. The summed E-state index contributed by atoms with van der Waals surface area (Å²) in [7, 11) is 0. The number of hydrogen-bond acceptors (Lipinski definition) is 5. The number of anilines is 2. The first kappa shape index (κ1) is 22.6. The Morgan fingerprint density at radius 3 is 2.56 bits per heavy atom. The Bertz CT molecular complexity index is 1220. The molecule has 1 aliphatic heterocycles. The molecule has 0 spiro atoms. The van der Waals surface area contributed by atoms with Crippen LogP contribution in [0.15, 0.2) is 36.5 Å². The van der Waals surface area contributed by atoms with Crippen LogP contribution in [0.2, 0.25) is 5.02 Å². The van der Waals surface area contributed by atoms with E-state index in [0.29, 0.717) is 42.7 Å². The van der Waals surface area contributed by atoms with Gasteiger partial charge in [0.25, 0.3) is 5.91 Å². The zero-order valence-electron chi connectivity index (χ0n) is 18.6. The molecule has 1 aromatic carbocycles. The Labute approximate surface area is 201 Å². The molecule has 0 radical (unpaired) electrons. The Morgan fingerprint density at radius 2 is 1.82 bits per heavy atom. The Kier molecular flexibility index (Phi) is 6.36. The maximum Gasteiger partial charge on any atom is 0.271 e. The van der Waals surface area contributed by atoms with Crippen LogP contribution in [0.25, 0.3) is 5.65 Å². The number of nitrogens with one attached hydrogen (secondary N) is 2. The van der Waals surface area contributed by atoms with Gasteiger partial charge < -0.3 is 15.5 Å². The molecule has 2 aliphatic rings. The zero-order chi connectivity index (χ0) is 23.7. The van der Waals surface area contributed by atoms with Gasteiger partial charge in [-0.1, -0.05) is 11.6 Å². The van der Waals surface area contributed by atoms with Crippen LogP contribution in [0.5, 0.6) is 0 Å². The molecule has 2 aromatic heterocycles. The number of fused-ring (bicyclic) bond motifs is 1. The fourth-order valence-corrected chi connectivity index (χ4v) is 4.93. The second-order valence-electron chi connectivity index (χ2n) is 8.93. The van der Waals surface area contributed by atoms with Crippen molar-refractivity contribution >= 4 is 40.6 Å². The predicted octanol–water partition coefficient (Wildman–Crippen LogP) is 4.05. The minimum absolute atomic E-state index is 0.0294. The van der Waals surface area contributed by atoms with E-state index < -0.39 is 5.82 Å². The molecule has 2 amide bonds. The van der Waals surface area contributed by atoms with Gasteiger partial charge in [-0.15, -0.1) is 5.10 Å². The van der Waals surface area contributed by atoms with E-state index in [1.165, 1.54) is 18.2 Å². The van der Waals surface area contributed by atoms with Gasteiger partial charge in [0.05, 0.1) is 16.9 Å². The number of amides is 2. The van der Waals surface area contributed by atoms with E-state index >= 15 is 0 Å². The summed E-state index contributed by atoms with van der Waals surface area (Å²) in [6.07, 6.45) is 6.49. The highest BCUT2D eigenvalue weighted by Gasteiger charge is 2.28. The summed E-state index contributed by atoms with van der Waals surface area (Å²) < 4.78 is 14.8. The summed E-state index contributed by atoms with van der Waals surface area (Å²) in [4.78, 5) is 32.2. The van der Waals surface area contributed by atoms with Gasteiger partial charge in [0, 0.05) is 25.0 Å². The first-order valence-electron chi connectivity index (χ1n) is 11.6. The van der Waals surface area contributed by atoms with Gasteiger partial charge in [-0.05, 0) is 68.9 Å². The summed E-state index contributed by atoms with van der Waals surface area (Å²) in [6.45, 7) is 1.94. The van der Waals surface area contributed by atoms with Crippen LogP contribution in [0.4, 0.5) is 15.9 Å². The highest BCUT2D eigenvalue weighted by atomic mass is 35.5. The SMILES string of the molecule is O=C(NC1CCC(C(=O)Nc2ccc(F)cc2Cl)CC1)c1cnc2ccc(N3CCCC3)nn12. The molecule has 5 rings (SSSR count). The number of imidazole rings is 1. The maximum absolute atomic E-state index is 13.2. The van der Waals surface area contributed by atoms with Crippen LogP contribution >= 0.6 is 11.6 Å². The number of carbonyl (C=O) groups is 2. The van der Waals surface area contributed by atoms with Crippen molar-refractivity contribution in [3.8, 4) is 0 Å². The van der Waals surface area contributed by atoms with Crippen molar-refractivity contribution in [2.24, 2.45) is 5.92 Å². The summed E-state index contributed by atoms with van der Waals surface area (Å²) in [6, 6.07) is 7.69. The quantitative estimate of drug-likeness (QED) is 0.570. The van der Waals surface area contributed by atoms with Crippen molar-refractivity contribution in [3.63, 3.8) is 0 Å². The minimum atomic E-state index is -0.451. The van der Waals surface area contributed by atoms with E-state index in [1.54, 1.807) is 10.7 Å². The third-order valence-electron chi connectivity index (χ3n) is 6.63. The topological polar surface area (TPSA) is 91.6 Å². The molecule has 0 bridgehead atoms. The predicted molar refractivity (Wildman–Crippen MR) is 128 cm³/mol. The van der Waals surface area contributed by atoms with E-state index in [-0.39, 0.29) is 28.8 Å². The molecule has 1 saturated carbocycles. The molecule has 10 heteroatoms. The fraction of sp³-hybridized carbons (Fsp3) is 0.417. The summed E-state index contributed by atoms with van der Waals surface area (Å²) >= 11 is 6.01. The van der Waals surface area contributed by atoms with Gasteiger partial charge in [0.2, 0.25) is 5.91 Å². The van der Waals surface area contributed by atoms with E-state index in [2.05, 4.69) is 25.6 Å². The molecular weight excluding hydrogens is 459 g/mol. The van der Waals surface area contributed by atoms with Crippen LogP contribution in [0.3, 0.4) is 0 Å². The first-order chi connectivity index (χ1) is 16.5. The van der Waals surface area contributed by atoms with Crippen LogP contribution in [0.1, 0.15) is 49.0 Å². The molecule has 1 saturated heterocycles. The number of benzene rings is 1. The van der Waals surface area contributed by atoms with Crippen LogP contribution in [-0.2, 0) is 4.79 Å². The number of aromatic nitrogens is 3. The zero-order valence-corrected chi connectivity index (χ0v) is 19.4. The molecule has 0 atom stereocenters. The van der Waals surface area contributed by atoms with Crippen LogP contribution < -0.4 is 15.5 Å². The molecule has 8 nitrogen and oxygen atoms in total. The van der Waals surface area contributed by atoms with Gasteiger partial charge in [0.15, 0.2) is 11.3 Å². The van der Waals surface area contributed by atoms with E-state index in [4.69, 9.17) is 11.6 Å². The molecule has 3 heterocycles. The molecule has 2 fully saturated rings. The molecule has 2 N–H and O–H groups in total. The number of nitrogens with zero attached hydrogens (tertiary/aromatic N) is 4. The number of carbonyl (C=O) groups excluding carboxylic acids is 2. The van der Waals surface area contributed by atoms with Gasteiger partial charge in [-0.3, -0.25) is 9.59 Å². The number of halogens is 2. The highest BCUT2D eigenvalue weighted by molar-refractivity contribution is 6.33. The molecule has 178 valence electrons. The minimum Gasteiger partial charge on any atom is -0.355 e. The maximum atomic E-state index is 13.2. The van der Waals surface area contributed by atoms with Crippen molar-refractivity contribution in [2.75, 3.05) is 23.3 Å². The summed E-state index contributed by atoms with van der Waals surface area (Å²) in [5.41, 5.74) is 1.44. The third-order valence-corrected chi connectivity index (χ3v) is 6.95. The van der Waals surface area contributed by atoms with E-state index in [0.717, 1.165) is 31.7 Å². The number of rotatable bonds is 5. The normalized spacial score (nSPS) is 20.5. The monoisotopic (exact) mass is 484 g/mol. The molecule has 1 aliphatic carbocycles. The lowest BCUT2D eigenvalue weighted by Gasteiger charge is -2.28. The van der Waals surface area contributed by atoms with Gasteiger partial charge in [-0.2, -0.15) is 0 Å². The second-order valence-corrected chi connectivity index (χ2v) is 9.34. The summed E-state index contributed by atoms with van der Waals surface area (Å²) in [5.74, 6) is -0.143. The highest BCUT2D eigenvalue weighted by Crippen LogP contribution is 2.28. The van der Waals surface area contributed by atoms with Gasteiger partial charge >= 0.3 is 0 Å². The average molecular weight is 485 g/mol. The van der Waals surface area contributed by atoms with Crippen molar-refractivity contribution < 1.29 is 14.0 Å². The third kappa shape index (κ3) is 4.70. The molecule has 34 heavy (non-hydrogen) atoms. The standard InChI is InChI=1S/C24H26ClFN6O2/c25-18-13-16(26)5-8-19(18)29-23(33)15-3-6-17(7-4-15)28-24(34)20-14-27-21-9-10-22(30-32(20)21)31-11-1-2-12-31/h5,8-10,13-15,17H,1-4,6-7,11-12H2,(H,28,34)(H,29,33). The average Bonchev–Trinajstić information content (AvgIpc) is 3.51. The van der Waals surface area contributed by atoms with Crippen molar-refractivity contribution in [3.05, 3.63) is 53.1 Å². The van der Waals surface area contributed by atoms with Crippen LogP contribution in [-0.4, -0.2) is 45.5 Å². The fourth-order valence-electron chi connectivity index (χ4n) is 4.72. The lowest BCUT2D eigenvalue weighted by atomic mass is 9.85. The van der Waals surface area contributed by atoms with E-state index in [1.807, 2.05) is 12.1 Å².